The fourth-order valence-corrected chi connectivity index (χ4v) is 4.68. The van der Waals surface area contributed by atoms with Crippen molar-refractivity contribution in [3.8, 4) is 5.69 Å². The highest BCUT2D eigenvalue weighted by atomic mass is 32.1. The smallest absolute Gasteiger partial charge is 0.336 e. The lowest BCUT2D eigenvalue weighted by atomic mass is 9.97. The van der Waals surface area contributed by atoms with Crippen LogP contribution in [0, 0.1) is 6.92 Å². The monoisotopic (exact) mass is 423 g/mol. The van der Waals surface area contributed by atoms with E-state index in [1.165, 1.54) is 34.3 Å². The van der Waals surface area contributed by atoms with Crippen molar-refractivity contribution >= 4 is 27.5 Å². The molecule has 0 aliphatic heterocycles. The topological polar surface area (TPSA) is 73.1 Å². The van der Waals surface area contributed by atoms with Crippen LogP contribution < -0.4 is 16.6 Å². The maximum Gasteiger partial charge on any atom is 0.336 e. The van der Waals surface area contributed by atoms with Crippen LogP contribution in [0.2, 0.25) is 0 Å². The SMILES string of the molecule is Cc1ccc(-n2c(=O)c3sccc3n(CC(=O)NCCC3=CCCCC3)c2=O)cc1. The fraction of sp³-hybridized carbons (Fsp3) is 0.348. The maximum atomic E-state index is 13.2. The molecule has 1 aliphatic rings. The number of nitrogens with one attached hydrogen (secondary N) is 1. The standard InChI is InChI=1S/C23H25N3O3S/c1-16-7-9-18(10-8-16)26-22(28)21-19(12-14-30-21)25(23(26)29)15-20(27)24-13-11-17-5-3-2-4-6-17/h5,7-10,12,14H,2-4,6,11,13,15H2,1H3,(H,24,27). The Kier molecular flexibility index (Phi) is 5.99. The number of rotatable bonds is 6. The lowest BCUT2D eigenvalue weighted by Crippen LogP contribution is -2.41. The zero-order valence-corrected chi connectivity index (χ0v) is 17.8. The summed E-state index contributed by atoms with van der Waals surface area (Å²) in [6, 6.07) is 8.94. The Labute approximate surface area is 178 Å². The number of hydrogen-bond acceptors (Lipinski definition) is 4. The van der Waals surface area contributed by atoms with Gasteiger partial charge in [-0.15, -0.1) is 11.3 Å². The molecule has 156 valence electrons. The van der Waals surface area contributed by atoms with Gasteiger partial charge in [-0.1, -0.05) is 29.3 Å². The molecule has 0 saturated heterocycles. The molecule has 0 saturated carbocycles. The molecule has 0 unspecified atom stereocenters. The number of fused-ring (bicyclic) bond motifs is 1. The molecule has 0 spiro atoms. The molecule has 2 aromatic heterocycles. The lowest BCUT2D eigenvalue weighted by Gasteiger charge is -2.14. The van der Waals surface area contributed by atoms with Crippen LogP contribution in [-0.4, -0.2) is 21.6 Å². The van der Waals surface area contributed by atoms with Gasteiger partial charge in [0.2, 0.25) is 5.91 Å². The fourth-order valence-electron chi connectivity index (χ4n) is 3.86. The van der Waals surface area contributed by atoms with Crippen molar-refractivity contribution < 1.29 is 4.79 Å². The second-order valence-electron chi connectivity index (χ2n) is 7.69. The van der Waals surface area contributed by atoms with Crippen LogP contribution in [0.25, 0.3) is 15.9 Å². The van der Waals surface area contributed by atoms with E-state index in [1.807, 2.05) is 19.1 Å². The van der Waals surface area contributed by atoms with Crippen LogP contribution in [0.1, 0.15) is 37.7 Å². The zero-order valence-electron chi connectivity index (χ0n) is 17.0. The number of benzene rings is 1. The molecule has 3 aromatic rings. The van der Waals surface area contributed by atoms with Gasteiger partial charge >= 0.3 is 5.69 Å². The van der Waals surface area contributed by atoms with Gasteiger partial charge in [0.15, 0.2) is 0 Å². The van der Waals surface area contributed by atoms with Crippen molar-refractivity contribution in [3.05, 3.63) is 73.8 Å². The second kappa shape index (κ2) is 8.83. The van der Waals surface area contributed by atoms with Gasteiger partial charge in [0.1, 0.15) is 11.2 Å². The maximum absolute atomic E-state index is 13.2. The van der Waals surface area contributed by atoms with Crippen LogP contribution >= 0.6 is 11.3 Å². The zero-order chi connectivity index (χ0) is 21.1. The molecular weight excluding hydrogens is 398 g/mol. The Hall–Kier alpha value is -2.93. The summed E-state index contributed by atoms with van der Waals surface area (Å²) in [6.07, 6.45) is 7.80. The molecule has 1 aliphatic carbocycles. The number of hydrogen-bond donors (Lipinski definition) is 1. The molecule has 0 radical (unpaired) electrons. The van der Waals surface area contributed by atoms with Gasteiger partial charge in [0, 0.05) is 6.54 Å². The average molecular weight is 424 g/mol. The molecule has 2 heterocycles. The number of carbonyl (C=O) groups excluding carboxylic acids is 1. The van der Waals surface area contributed by atoms with E-state index in [2.05, 4.69) is 11.4 Å². The van der Waals surface area contributed by atoms with Crippen LogP contribution in [0.3, 0.4) is 0 Å². The normalized spacial score (nSPS) is 14.0. The average Bonchev–Trinajstić information content (AvgIpc) is 3.24. The molecule has 4 rings (SSSR count). The number of amides is 1. The lowest BCUT2D eigenvalue weighted by molar-refractivity contribution is -0.121. The molecule has 0 fully saturated rings. The largest absolute Gasteiger partial charge is 0.354 e. The summed E-state index contributed by atoms with van der Waals surface area (Å²) in [6.45, 7) is 2.39. The summed E-state index contributed by atoms with van der Waals surface area (Å²) < 4.78 is 3.01. The van der Waals surface area contributed by atoms with Crippen molar-refractivity contribution in [1.82, 2.24) is 14.5 Å². The number of allylic oxidation sites excluding steroid dienone is 1. The number of nitrogens with zero attached hydrogens (tertiary/aromatic N) is 2. The molecule has 1 aromatic carbocycles. The third kappa shape index (κ3) is 4.16. The van der Waals surface area contributed by atoms with Crippen molar-refractivity contribution in [2.24, 2.45) is 0 Å². The summed E-state index contributed by atoms with van der Waals surface area (Å²) in [5.41, 5.74) is 2.59. The van der Waals surface area contributed by atoms with E-state index in [0.717, 1.165) is 29.4 Å². The molecule has 6 nitrogen and oxygen atoms in total. The van der Waals surface area contributed by atoms with E-state index in [0.29, 0.717) is 22.4 Å². The Morgan fingerprint density at radius 1 is 1.13 bits per heavy atom. The van der Waals surface area contributed by atoms with Gasteiger partial charge in [-0.3, -0.25) is 14.2 Å². The second-order valence-corrected chi connectivity index (χ2v) is 8.60. The molecule has 0 atom stereocenters. The van der Waals surface area contributed by atoms with Gasteiger partial charge in [-0.05, 0) is 62.6 Å². The molecule has 30 heavy (non-hydrogen) atoms. The van der Waals surface area contributed by atoms with Crippen LogP contribution in [0.4, 0.5) is 0 Å². The van der Waals surface area contributed by atoms with Crippen molar-refractivity contribution in [1.29, 1.82) is 0 Å². The van der Waals surface area contributed by atoms with Crippen LogP contribution in [-0.2, 0) is 11.3 Å². The predicted octanol–water partition coefficient (Wildman–Crippen LogP) is 3.53. The summed E-state index contributed by atoms with van der Waals surface area (Å²) in [5, 5.41) is 4.69. The highest BCUT2D eigenvalue weighted by molar-refractivity contribution is 7.17. The van der Waals surface area contributed by atoms with Crippen molar-refractivity contribution in [2.75, 3.05) is 6.54 Å². The van der Waals surface area contributed by atoms with E-state index < -0.39 is 5.69 Å². The molecular formula is C23H25N3O3S. The number of thiophene rings is 1. The third-order valence-corrected chi connectivity index (χ3v) is 6.39. The predicted molar refractivity (Wildman–Crippen MR) is 121 cm³/mol. The van der Waals surface area contributed by atoms with Gasteiger partial charge in [0.05, 0.1) is 11.2 Å². The summed E-state index contributed by atoms with van der Waals surface area (Å²) in [7, 11) is 0. The molecule has 0 bridgehead atoms. The Morgan fingerprint density at radius 2 is 1.93 bits per heavy atom. The quantitative estimate of drug-likeness (QED) is 0.617. The van der Waals surface area contributed by atoms with Gasteiger partial charge in [-0.25, -0.2) is 9.36 Å². The van der Waals surface area contributed by atoms with E-state index in [1.54, 1.807) is 23.6 Å². The molecule has 1 amide bonds. The van der Waals surface area contributed by atoms with E-state index >= 15 is 0 Å². The summed E-state index contributed by atoms with van der Waals surface area (Å²) in [5.74, 6) is -0.227. The van der Waals surface area contributed by atoms with Crippen molar-refractivity contribution in [2.45, 2.75) is 45.6 Å². The van der Waals surface area contributed by atoms with E-state index in [-0.39, 0.29) is 18.0 Å². The minimum Gasteiger partial charge on any atom is -0.354 e. The number of aromatic nitrogens is 2. The first kappa shape index (κ1) is 20.3. The van der Waals surface area contributed by atoms with Gasteiger partial charge in [0.25, 0.3) is 5.56 Å². The Morgan fingerprint density at radius 3 is 2.67 bits per heavy atom. The first-order valence-electron chi connectivity index (χ1n) is 10.3. The summed E-state index contributed by atoms with van der Waals surface area (Å²) in [4.78, 5) is 38.7. The number of aryl methyl sites for hydroxylation is 1. The number of carbonyl (C=O) groups is 1. The van der Waals surface area contributed by atoms with Gasteiger partial charge < -0.3 is 5.32 Å². The minimum absolute atomic E-state index is 0.114. The molecule has 1 N–H and O–H groups in total. The van der Waals surface area contributed by atoms with E-state index in [9.17, 15) is 14.4 Å². The van der Waals surface area contributed by atoms with Gasteiger partial charge in [-0.2, -0.15) is 0 Å². The Bertz CT molecular complexity index is 1220. The first-order valence-corrected chi connectivity index (χ1v) is 11.2. The van der Waals surface area contributed by atoms with Crippen LogP contribution in [0.15, 0.2) is 57.0 Å². The summed E-state index contributed by atoms with van der Waals surface area (Å²) >= 11 is 1.28. The molecule has 7 heteroatoms. The minimum atomic E-state index is -0.500. The van der Waals surface area contributed by atoms with Crippen molar-refractivity contribution in [3.63, 3.8) is 0 Å². The highest BCUT2D eigenvalue weighted by Gasteiger charge is 2.17. The van der Waals surface area contributed by atoms with Crippen LogP contribution in [0.5, 0.6) is 0 Å². The first-order chi connectivity index (χ1) is 14.5. The van der Waals surface area contributed by atoms with E-state index in [4.69, 9.17) is 0 Å². The third-order valence-electron chi connectivity index (χ3n) is 5.50. The highest BCUT2D eigenvalue weighted by Crippen LogP contribution is 2.19. The Balaban J connectivity index is 1.60.